The third-order valence-corrected chi connectivity index (χ3v) is 5.88. The Morgan fingerprint density at radius 2 is 2.10 bits per heavy atom. The van der Waals surface area contributed by atoms with E-state index in [1.165, 1.54) is 47.2 Å². The minimum atomic E-state index is 0.716. The third kappa shape index (κ3) is 3.31. The Morgan fingerprint density at radius 1 is 1.24 bits per heavy atom. The fourth-order valence-electron chi connectivity index (χ4n) is 3.40. The molecule has 0 radical (unpaired) electrons. The summed E-state index contributed by atoms with van der Waals surface area (Å²) in [6, 6.07) is 9.60. The quantitative estimate of drug-likeness (QED) is 0.901. The topological polar surface area (TPSA) is 15.3 Å². The molecule has 114 valence electrons. The smallest absolute Gasteiger partial charge is 0.0349 e. The first-order valence-electron chi connectivity index (χ1n) is 8.17. The molecule has 1 unspecified atom stereocenters. The van der Waals surface area contributed by atoms with Crippen molar-refractivity contribution in [2.24, 2.45) is 0 Å². The van der Waals surface area contributed by atoms with E-state index >= 15 is 0 Å². The van der Waals surface area contributed by atoms with E-state index < -0.39 is 0 Å². The number of fused-ring (bicyclic) bond motifs is 1. The van der Waals surface area contributed by atoms with Crippen LogP contribution in [0.4, 0.5) is 0 Å². The predicted octanol–water partition coefficient (Wildman–Crippen LogP) is 4.39. The van der Waals surface area contributed by atoms with Crippen molar-refractivity contribution in [3.05, 3.63) is 34.7 Å². The minimum Gasteiger partial charge on any atom is -0.315 e. The van der Waals surface area contributed by atoms with Gasteiger partial charge in [-0.25, -0.2) is 0 Å². The summed E-state index contributed by atoms with van der Waals surface area (Å²) in [5, 5.41) is 4.80. The number of thiophene rings is 1. The second-order valence-corrected chi connectivity index (χ2v) is 7.34. The molecule has 0 spiro atoms. The molecule has 0 amide bonds. The predicted molar refractivity (Wildman–Crippen MR) is 92.9 cm³/mol. The molecule has 1 saturated heterocycles. The standard InChI is InChI=1S/C18H26N2S/c1-14-8-4-3-7-11-20(14)13-16-15-9-5-6-10-17(15)21-18(16)12-19-2/h5-6,9-10,14,19H,3-4,7-8,11-13H2,1-2H3. The van der Waals surface area contributed by atoms with Crippen molar-refractivity contribution in [3.63, 3.8) is 0 Å². The molecule has 0 bridgehead atoms. The first-order valence-corrected chi connectivity index (χ1v) is 8.99. The number of hydrogen-bond donors (Lipinski definition) is 1. The first-order chi connectivity index (χ1) is 10.3. The summed E-state index contributed by atoms with van der Waals surface area (Å²) in [7, 11) is 2.04. The number of likely N-dealkylation sites (tertiary alicyclic amines) is 1. The molecule has 3 rings (SSSR count). The molecular formula is C18H26N2S. The Labute approximate surface area is 132 Å². The lowest BCUT2D eigenvalue weighted by Gasteiger charge is -2.27. The average Bonchev–Trinajstić information content (AvgIpc) is 2.69. The molecule has 0 aliphatic carbocycles. The van der Waals surface area contributed by atoms with Crippen molar-refractivity contribution >= 4 is 21.4 Å². The fourth-order valence-corrected chi connectivity index (χ4v) is 4.63. The van der Waals surface area contributed by atoms with Crippen LogP contribution in [0.5, 0.6) is 0 Å². The summed E-state index contributed by atoms with van der Waals surface area (Å²) in [6.45, 7) is 5.75. The van der Waals surface area contributed by atoms with Crippen molar-refractivity contribution < 1.29 is 0 Å². The molecule has 1 fully saturated rings. The monoisotopic (exact) mass is 302 g/mol. The van der Waals surface area contributed by atoms with Crippen LogP contribution >= 0.6 is 11.3 Å². The highest BCUT2D eigenvalue weighted by Crippen LogP contribution is 2.33. The lowest BCUT2D eigenvalue weighted by atomic mass is 10.1. The fraction of sp³-hybridized carbons (Fsp3) is 0.556. The van der Waals surface area contributed by atoms with E-state index in [9.17, 15) is 0 Å². The van der Waals surface area contributed by atoms with E-state index in [0.717, 1.165) is 13.1 Å². The van der Waals surface area contributed by atoms with E-state index in [0.29, 0.717) is 6.04 Å². The van der Waals surface area contributed by atoms with E-state index in [2.05, 4.69) is 41.4 Å². The summed E-state index contributed by atoms with van der Waals surface area (Å²) in [6.07, 6.45) is 5.50. The molecule has 1 aromatic carbocycles. The van der Waals surface area contributed by atoms with Crippen LogP contribution in [0, 0.1) is 0 Å². The van der Waals surface area contributed by atoms with Crippen LogP contribution in [0.1, 0.15) is 43.0 Å². The van der Waals surface area contributed by atoms with Gasteiger partial charge in [-0.3, -0.25) is 4.90 Å². The summed E-state index contributed by atoms with van der Waals surface area (Å²) in [5.41, 5.74) is 1.55. The van der Waals surface area contributed by atoms with Crippen LogP contribution in [0.25, 0.3) is 10.1 Å². The van der Waals surface area contributed by atoms with Gasteiger partial charge >= 0.3 is 0 Å². The highest BCUT2D eigenvalue weighted by molar-refractivity contribution is 7.19. The van der Waals surface area contributed by atoms with Gasteiger partial charge in [-0.2, -0.15) is 0 Å². The summed E-state index contributed by atoms with van der Waals surface area (Å²) < 4.78 is 1.43. The second kappa shape index (κ2) is 6.91. The summed E-state index contributed by atoms with van der Waals surface area (Å²) in [4.78, 5) is 4.20. The third-order valence-electron chi connectivity index (χ3n) is 4.67. The van der Waals surface area contributed by atoms with Gasteiger partial charge in [0.25, 0.3) is 0 Å². The SMILES string of the molecule is CNCc1sc2ccccc2c1CN1CCCCCC1C. The average molecular weight is 302 g/mol. The van der Waals surface area contributed by atoms with E-state index in [4.69, 9.17) is 0 Å². The Morgan fingerprint density at radius 3 is 2.95 bits per heavy atom. The van der Waals surface area contributed by atoms with Crippen LogP contribution in [0.2, 0.25) is 0 Å². The number of benzene rings is 1. The van der Waals surface area contributed by atoms with Crippen molar-refractivity contribution in [2.45, 2.75) is 51.7 Å². The highest BCUT2D eigenvalue weighted by Gasteiger charge is 2.20. The first kappa shape index (κ1) is 15.0. The van der Waals surface area contributed by atoms with Crippen molar-refractivity contribution in [1.82, 2.24) is 10.2 Å². The maximum absolute atomic E-state index is 3.34. The van der Waals surface area contributed by atoms with Gasteiger partial charge in [0.1, 0.15) is 0 Å². The Balaban J connectivity index is 1.92. The second-order valence-electron chi connectivity index (χ2n) is 6.20. The molecule has 21 heavy (non-hydrogen) atoms. The zero-order chi connectivity index (χ0) is 14.7. The number of hydrogen-bond acceptors (Lipinski definition) is 3. The maximum atomic E-state index is 3.34. The van der Waals surface area contributed by atoms with Gasteiger partial charge in [0, 0.05) is 28.7 Å². The highest BCUT2D eigenvalue weighted by atomic mass is 32.1. The van der Waals surface area contributed by atoms with Gasteiger partial charge in [-0.1, -0.05) is 31.0 Å². The Kier molecular flexibility index (Phi) is 4.94. The van der Waals surface area contributed by atoms with Crippen molar-refractivity contribution in [2.75, 3.05) is 13.6 Å². The molecule has 3 heteroatoms. The minimum absolute atomic E-state index is 0.716. The number of nitrogens with one attached hydrogen (secondary N) is 1. The Hall–Kier alpha value is -0.900. The zero-order valence-electron chi connectivity index (χ0n) is 13.2. The van der Waals surface area contributed by atoms with Gasteiger partial charge in [-0.15, -0.1) is 11.3 Å². The normalized spacial score (nSPS) is 20.8. The molecule has 2 aromatic rings. The molecule has 1 N–H and O–H groups in total. The molecular weight excluding hydrogens is 276 g/mol. The lowest BCUT2D eigenvalue weighted by molar-refractivity contribution is 0.205. The lowest BCUT2D eigenvalue weighted by Crippen LogP contribution is -2.32. The van der Waals surface area contributed by atoms with Crippen LogP contribution < -0.4 is 5.32 Å². The zero-order valence-corrected chi connectivity index (χ0v) is 14.0. The van der Waals surface area contributed by atoms with Crippen LogP contribution in [0.15, 0.2) is 24.3 Å². The van der Waals surface area contributed by atoms with Gasteiger partial charge in [0.15, 0.2) is 0 Å². The van der Waals surface area contributed by atoms with E-state index in [1.807, 2.05) is 18.4 Å². The van der Waals surface area contributed by atoms with E-state index in [-0.39, 0.29) is 0 Å². The molecule has 2 heterocycles. The molecule has 1 aliphatic heterocycles. The summed E-state index contributed by atoms with van der Waals surface area (Å²) in [5.74, 6) is 0. The van der Waals surface area contributed by atoms with Crippen LogP contribution in [-0.2, 0) is 13.1 Å². The van der Waals surface area contributed by atoms with E-state index in [1.54, 1.807) is 5.56 Å². The van der Waals surface area contributed by atoms with Gasteiger partial charge in [0.05, 0.1) is 0 Å². The largest absolute Gasteiger partial charge is 0.315 e. The molecule has 1 aromatic heterocycles. The summed E-state index contributed by atoms with van der Waals surface area (Å²) >= 11 is 1.95. The van der Waals surface area contributed by atoms with Crippen molar-refractivity contribution in [3.8, 4) is 0 Å². The van der Waals surface area contributed by atoms with Gasteiger partial charge in [0.2, 0.25) is 0 Å². The number of rotatable bonds is 4. The molecule has 1 aliphatic rings. The van der Waals surface area contributed by atoms with Crippen LogP contribution in [0.3, 0.4) is 0 Å². The molecule has 0 saturated carbocycles. The molecule has 2 nitrogen and oxygen atoms in total. The molecule has 1 atom stereocenters. The number of nitrogens with zero attached hydrogens (tertiary/aromatic N) is 1. The van der Waals surface area contributed by atoms with Crippen LogP contribution in [-0.4, -0.2) is 24.5 Å². The van der Waals surface area contributed by atoms with Gasteiger partial charge in [-0.05, 0) is 50.4 Å². The maximum Gasteiger partial charge on any atom is 0.0349 e. The van der Waals surface area contributed by atoms with Crippen molar-refractivity contribution in [1.29, 1.82) is 0 Å². The Bertz CT molecular complexity index is 590. The van der Waals surface area contributed by atoms with Gasteiger partial charge < -0.3 is 5.32 Å².